The minimum absolute atomic E-state index is 0.102. The van der Waals surface area contributed by atoms with Crippen LogP contribution < -0.4 is 5.32 Å². The zero-order chi connectivity index (χ0) is 14.2. The van der Waals surface area contributed by atoms with Gasteiger partial charge in [-0.15, -0.1) is 0 Å². The first kappa shape index (κ1) is 13.6. The second-order valence-corrected chi connectivity index (χ2v) is 6.18. The minimum Gasteiger partial charge on any atom is -0.347 e. The van der Waals surface area contributed by atoms with Crippen molar-refractivity contribution in [3.63, 3.8) is 0 Å². The summed E-state index contributed by atoms with van der Waals surface area (Å²) in [6, 6.07) is -0.102. The van der Waals surface area contributed by atoms with Crippen LogP contribution in [0.2, 0.25) is 0 Å². The Labute approximate surface area is 120 Å². The summed E-state index contributed by atoms with van der Waals surface area (Å²) in [4.78, 5) is 22.2. The molecule has 1 aromatic heterocycles. The lowest BCUT2D eigenvalue weighted by Gasteiger charge is -2.29. The summed E-state index contributed by atoms with van der Waals surface area (Å²) in [5.74, 6) is 0.252. The van der Waals surface area contributed by atoms with Gasteiger partial charge in [0, 0.05) is 26.1 Å². The highest BCUT2D eigenvalue weighted by atomic mass is 16.2. The van der Waals surface area contributed by atoms with Crippen LogP contribution in [-0.4, -0.2) is 39.9 Å². The van der Waals surface area contributed by atoms with Crippen LogP contribution >= 0.6 is 0 Å². The fourth-order valence-corrected chi connectivity index (χ4v) is 3.51. The normalized spacial score (nSPS) is 24.7. The smallest absolute Gasteiger partial charge is 0.240 e. The molecule has 5 nitrogen and oxygen atoms in total. The Kier molecular flexibility index (Phi) is 3.54. The summed E-state index contributed by atoms with van der Waals surface area (Å²) in [7, 11) is 0. The number of fused-ring (bicyclic) bond motifs is 1. The maximum Gasteiger partial charge on any atom is 0.240 e. The maximum atomic E-state index is 12.7. The van der Waals surface area contributed by atoms with Crippen molar-refractivity contribution in [3.05, 3.63) is 17.7 Å². The molecular weight excluding hydrogens is 252 g/mol. The molecule has 1 atom stereocenters. The number of carbonyl (C=O) groups excluding carboxylic acids is 1. The monoisotopic (exact) mass is 276 g/mol. The number of aromatic nitrogens is 2. The molecule has 1 amide bonds. The summed E-state index contributed by atoms with van der Waals surface area (Å²) in [5.41, 5.74) is 2.51. The third-order valence-corrected chi connectivity index (χ3v) is 5.28. The predicted octanol–water partition coefficient (Wildman–Crippen LogP) is 1.46. The van der Waals surface area contributed by atoms with E-state index in [1.807, 2.05) is 0 Å². The average Bonchev–Trinajstić information content (AvgIpc) is 3.13. The van der Waals surface area contributed by atoms with Gasteiger partial charge in [-0.05, 0) is 24.7 Å². The Bertz CT molecular complexity index is 492. The largest absolute Gasteiger partial charge is 0.347 e. The van der Waals surface area contributed by atoms with Crippen molar-refractivity contribution >= 4 is 5.91 Å². The highest BCUT2D eigenvalue weighted by Gasteiger charge is 2.39. The summed E-state index contributed by atoms with van der Waals surface area (Å²) in [6.07, 6.45) is 5.89. The third-order valence-electron chi connectivity index (χ3n) is 5.28. The summed E-state index contributed by atoms with van der Waals surface area (Å²) >= 11 is 0. The molecule has 2 aliphatic heterocycles. The van der Waals surface area contributed by atoms with Crippen LogP contribution in [0.4, 0.5) is 0 Å². The van der Waals surface area contributed by atoms with Gasteiger partial charge in [0.1, 0.15) is 0 Å². The molecule has 1 saturated heterocycles. The Morgan fingerprint density at radius 1 is 1.50 bits per heavy atom. The van der Waals surface area contributed by atoms with E-state index < -0.39 is 0 Å². The molecule has 0 spiro atoms. The lowest BCUT2D eigenvalue weighted by Crippen LogP contribution is -2.49. The number of rotatable bonds is 3. The molecule has 2 aliphatic rings. The SMILES string of the molecule is CCC1(CC)CCN(C(=O)C2Cc3nc[nH]c3CN2)C1. The van der Waals surface area contributed by atoms with Crippen molar-refractivity contribution in [2.45, 2.75) is 52.1 Å². The second kappa shape index (κ2) is 5.20. The molecule has 3 rings (SSSR count). The molecule has 110 valence electrons. The first-order valence-corrected chi connectivity index (χ1v) is 7.71. The lowest BCUT2D eigenvalue weighted by molar-refractivity contribution is -0.133. The van der Waals surface area contributed by atoms with Crippen molar-refractivity contribution in [1.82, 2.24) is 20.2 Å². The molecule has 5 heteroatoms. The Balaban J connectivity index is 1.66. The Hall–Kier alpha value is -1.36. The van der Waals surface area contributed by atoms with E-state index in [9.17, 15) is 4.79 Å². The first-order chi connectivity index (χ1) is 9.67. The summed E-state index contributed by atoms with van der Waals surface area (Å²) in [6.45, 7) is 7.03. The van der Waals surface area contributed by atoms with Gasteiger partial charge >= 0.3 is 0 Å². The van der Waals surface area contributed by atoms with Crippen LogP contribution in [0.15, 0.2) is 6.33 Å². The molecule has 1 fully saturated rings. The average molecular weight is 276 g/mol. The maximum absolute atomic E-state index is 12.7. The Morgan fingerprint density at radius 2 is 2.30 bits per heavy atom. The molecule has 1 aromatic rings. The topological polar surface area (TPSA) is 61.0 Å². The number of imidazole rings is 1. The van der Waals surface area contributed by atoms with Crippen molar-refractivity contribution < 1.29 is 4.79 Å². The van der Waals surface area contributed by atoms with Gasteiger partial charge < -0.3 is 9.88 Å². The van der Waals surface area contributed by atoms with E-state index in [4.69, 9.17) is 0 Å². The number of hydrogen-bond donors (Lipinski definition) is 2. The van der Waals surface area contributed by atoms with Crippen LogP contribution in [0.1, 0.15) is 44.5 Å². The molecule has 3 heterocycles. The minimum atomic E-state index is -0.102. The van der Waals surface area contributed by atoms with Gasteiger partial charge in [-0.2, -0.15) is 0 Å². The van der Waals surface area contributed by atoms with E-state index in [1.54, 1.807) is 6.33 Å². The third kappa shape index (κ3) is 2.24. The van der Waals surface area contributed by atoms with Gasteiger partial charge in [0.25, 0.3) is 0 Å². The van der Waals surface area contributed by atoms with Gasteiger partial charge in [0.05, 0.1) is 23.8 Å². The molecule has 20 heavy (non-hydrogen) atoms. The van der Waals surface area contributed by atoms with Crippen LogP contribution in [0.3, 0.4) is 0 Å². The second-order valence-electron chi connectivity index (χ2n) is 6.18. The highest BCUT2D eigenvalue weighted by molar-refractivity contribution is 5.82. The van der Waals surface area contributed by atoms with Crippen LogP contribution in [0, 0.1) is 5.41 Å². The van der Waals surface area contributed by atoms with Gasteiger partial charge in [0.2, 0.25) is 5.91 Å². The van der Waals surface area contributed by atoms with Gasteiger partial charge in [0.15, 0.2) is 0 Å². The van der Waals surface area contributed by atoms with Gasteiger partial charge in [-0.25, -0.2) is 4.98 Å². The van der Waals surface area contributed by atoms with E-state index in [-0.39, 0.29) is 11.9 Å². The lowest BCUT2D eigenvalue weighted by atomic mass is 9.82. The fraction of sp³-hybridized carbons (Fsp3) is 0.733. The van der Waals surface area contributed by atoms with Crippen LogP contribution in [-0.2, 0) is 17.8 Å². The predicted molar refractivity (Wildman–Crippen MR) is 77.1 cm³/mol. The molecule has 0 radical (unpaired) electrons. The van der Waals surface area contributed by atoms with Gasteiger partial charge in [-0.1, -0.05) is 13.8 Å². The van der Waals surface area contributed by atoms with E-state index >= 15 is 0 Å². The number of amides is 1. The first-order valence-electron chi connectivity index (χ1n) is 7.71. The molecule has 0 aromatic carbocycles. The number of nitrogens with one attached hydrogen (secondary N) is 2. The molecule has 2 N–H and O–H groups in total. The standard InChI is InChI=1S/C15H24N4O/c1-3-15(4-2)5-6-19(9-15)14(20)12-7-11-13(8-16-12)18-10-17-11/h10,12,16H,3-9H2,1-2H3,(H,17,18). The van der Waals surface area contributed by atoms with Gasteiger partial charge in [-0.3, -0.25) is 10.1 Å². The molecule has 0 saturated carbocycles. The zero-order valence-electron chi connectivity index (χ0n) is 12.4. The quantitative estimate of drug-likeness (QED) is 0.878. The fourth-order valence-electron chi connectivity index (χ4n) is 3.51. The molecular formula is C15H24N4O. The van der Waals surface area contributed by atoms with Crippen molar-refractivity contribution in [2.75, 3.05) is 13.1 Å². The molecule has 0 aliphatic carbocycles. The van der Waals surface area contributed by atoms with Crippen molar-refractivity contribution in [1.29, 1.82) is 0 Å². The van der Waals surface area contributed by atoms with Crippen molar-refractivity contribution in [2.24, 2.45) is 5.41 Å². The zero-order valence-corrected chi connectivity index (χ0v) is 12.4. The number of hydrogen-bond acceptors (Lipinski definition) is 3. The number of nitrogens with zero attached hydrogens (tertiary/aromatic N) is 2. The van der Waals surface area contributed by atoms with E-state index in [2.05, 4.69) is 34.0 Å². The number of carbonyl (C=O) groups is 1. The van der Waals surface area contributed by atoms with E-state index in [0.717, 1.165) is 43.7 Å². The van der Waals surface area contributed by atoms with E-state index in [0.29, 0.717) is 18.4 Å². The Morgan fingerprint density at radius 3 is 3.00 bits per heavy atom. The van der Waals surface area contributed by atoms with E-state index in [1.165, 1.54) is 0 Å². The van der Waals surface area contributed by atoms with Crippen LogP contribution in [0.5, 0.6) is 0 Å². The number of likely N-dealkylation sites (tertiary alicyclic amines) is 1. The van der Waals surface area contributed by atoms with Crippen LogP contribution in [0.25, 0.3) is 0 Å². The molecule has 1 unspecified atom stereocenters. The number of aromatic amines is 1. The number of H-pyrrole nitrogens is 1. The summed E-state index contributed by atoms with van der Waals surface area (Å²) in [5, 5.41) is 3.34. The van der Waals surface area contributed by atoms with Crippen molar-refractivity contribution in [3.8, 4) is 0 Å². The summed E-state index contributed by atoms with van der Waals surface area (Å²) < 4.78 is 0. The highest BCUT2D eigenvalue weighted by Crippen LogP contribution is 2.37. The molecule has 0 bridgehead atoms.